The van der Waals surface area contributed by atoms with E-state index in [9.17, 15) is 34.1 Å². The van der Waals surface area contributed by atoms with Crippen molar-refractivity contribution in [3.63, 3.8) is 0 Å². The molecule has 7 nitrogen and oxygen atoms in total. The summed E-state index contributed by atoms with van der Waals surface area (Å²) >= 11 is 0. The number of phenols is 2. The Balaban J connectivity index is 1.89. The first kappa shape index (κ1) is 22.0. The van der Waals surface area contributed by atoms with Crippen molar-refractivity contribution in [2.45, 2.75) is 26.2 Å². The molecule has 0 saturated carbocycles. The van der Waals surface area contributed by atoms with Gasteiger partial charge in [0.25, 0.3) is 0 Å². The summed E-state index contributed by atoms with van der Waals surface area (Å²) in [6.45, 7) is 3.89. The first-order valence-electron chi connectivity index (χ1n) is 9.94. The lowest BCUT2D eigenvalue weighted by Crippen LogP contribution is -2.38. The van der Waals surface area contributed by atoms with E-state index in [0.29, 0.717) is 5.56 Å². The van der Waals surface area contributed by atoms with Gasteiger partial charge in [0.15, 0.2) is 17.3 Å². The van der Waals surface area contributed by atoms with Gasteiger partial charge in [0.2, 0.25) is 0 Å². The number of carbonyl (C=O) groups is 3. The maximum atomic E-state index is 13.2. The van der Waals surface area contributed by atoms with Crippen LogP contribution >= 0.6 is 0 Å². The van der Waals surface area contributed by atoms with Gasteiger partial charge in [-0.05, 0) is 44.5 Å². The van der Waals surface area contributed by atoms with E-state index >= 15 is 0 Å². The predicted molar refractivity (Wildman–Crippen MR) is 116 cm³/mol. The Morgan fingerprint density at radius 1 is 1.09 bits per heavy atom. The molecule has 1 atom stereocenters. The number of aliphatic hydroxyl groups is 1. The molecule has 0 fully saturated rings. The number of hydrogen-bond donors (Lipinski definition) is 3. The van der Waals surface area contributed by atoms with Crippen molar-refractivity contribution in [1.29, 1.82) is 0 Å². The highest BCUT2D eigenvalue weighted by Gasteiger charge is 2.55. The number of aliphatic hydroxyl groups excluding tert-OH is 1. The molecule has 2 aromatic rings. The minimum absolute atomic E-state index is 0.0608. The largest absolute Gasteiger partial charge is 0.507 e. The Kier molecular flexibility index (Phi) is 4.96. The molecule has 1 aliphatic heterocycles. The molecule has 0 spiro atoms. The summed E-state index contributed by atoms with van der Waals surface area (Å²) in [6.07, 6.45) is 3.64. The van der Waals surface area contributed by atoms with Crippen LogP contribution in [0.1, 0.15) is 40.9 Å². The van der Waals surface area contributed by atoms with E-state index in [4.69, 9.17) is 4.74 Å². The molecule has 4 rings (SSSR count). The van der Waals surface area contributed by atoms with Gasteiger partial charge in [-0.15, -0.1) is 0 Å². The molecule has 168 valence electrons. The normalized spacial score (nSPS) is 19.3. The van der Waals surface area contributed by atoms with Crippen LogP contribution in [0.3, 0.4) is 0 Å². The predicted octanol–water partition coefficient (Wildman–Crippen LogP) is 3.96. The lowest BCUT2D eigenvalue weighted by Gasteiger charge is -2.28. The molecular weight excluding hydrogens is 431 g/mol. The zero-order chi connectivity index (χ0) is 24.2. The number of fused-ring (bicyclic) bond motifs is 3. The summed E-state index contributed by atoms with van der Waals surface area (Å²) in [5.74, 6) is -4.55. The van der Waals surface area contributed by atoms with Gasteiger partial charge >= 0.3 is 0 Å². The van der Waals surface area contributed by atoms with Gasteiger partial charge in [-0.3, -0.25) is 14.4 Å². The molecule has 0 amide bonds. The highest BCUT2D eigenvalue weighted by atomic mass is 19.1. The monoisotopic (exact) mass is 450 g/mol. The van der Waals surface area contributed by atoms with Gasteiger partial charge in [-0.25, -0.2) is 4.39 Å². The number of phenolic OH excluding ortho intramolecular Hbond substituents is 2. The van der Waals surface area contributed by atoms with Crippen LogP contribution in [0.15, 0.2) is 53.5 Å². The topological polar surface area (TPSA) is 121 Å². The lowest BCUT2D eigenvalue weighted by molar-refractivity contribution is -0.123. The molecule has 2 aliphatic rings. The van der Waals surface area contributed by atoms with Crippen LogP contribution in [0.4, 0.5) is 4.39 Å². The summed E-state index contributed by atoms with van der Waals surface area (Å²) in [5.41, 5.74) is -2.07. The smallest absolute Gasteiger partial charge is 0.193 e. The number of Topliss-reactive ketones (excluding diaryl/α,β-unsaturated/α-hetero) is 2. The van der Waals surface area contributed by atoms with Gasteiger partial charge in [-0.2, -0.15) is 0 Å². The van der Waals surface area contributed by atoms with Gasteiger partial charge in [0.05, 0.1) is 5.56 Å². The van der Waals surface area contributed by atoms with Crippen LogP contribution in [0.5, 0.6) is 17.2 Å². The average molecular weight is 450 g/mol. The van der Waals surface area contributed by atoms with Crippen molar-refractivity contribution in [2.75, 3.05) is 0 Å². The molecule has 0 aromatic heterocycles. The summed E-state index contributed by atoms with van der Waals surface area (Å²) in [7, 11) is 0. The number of rotatable bonds is 4. The van der Waals surface area contributed by atoms with E-state index in [1.165, 1.54) is 44.2 Å². The fourth-order valence-electron chi connectivity index (χ4n) is 4.09. The van der Waals surface area contributed by atoms with Gasteiger partial charge in [0, 0.05) is 11.6 Å². The maximum absolute atomic E-state index is 13.2. The third-order valence-electron chi connectivity index (χ3n) is 5.94. The molecule has 1 aliphatic carbocycles. The summed E-state index contributed by atoms with van der Waals surface area (Å²) in [4.78, 5) is 38.3. The van der Waals surface area contributed by atoms with Crippen molar-refractivity contribution in [3.8, 4) is 17.2 Å². The standard InChI is InChI=1S/C25H19FO7/c1-11-21(30)19(15(28)9-6-13-4-7-14(26)8-5-13)23-20(22(11)31)25(3)17(33-23)10-16(29)18(12(2)27)24(25)32/h4-10,29-31H,1-3H3/b9-6+/t25-/m1/s1. The SMILES string of the molecule is CC(=O)C1=C(O)C=C2Oc3c(C(=O)/C=C/c4ccc(F)cc4)c(O)c(C)c(O)c3[C@]2(C)C1=O. The number of ether oxygens (including phenoxy) is 1. The van der Waals surface area contributed by atoms with Crippen molar-refractivity contribution >= 4 is 23.4 Å². The van der Waals surface area contributed by atoms with Crippen LogP contribution in [0.2, 0.25) is 0 Å². The molecule has 0 bridgehead atoms. The molecule has 2 aromatic carbocycles. The van der Waals surface area contributed by atoms with Gasteiger partial charge in [-0.1, -0.05) is 18.2 Å². The van der Waals surface area contributed by atoms with Crippen molar-refractivity contribution in [3.05, 3.63) is 81.6 Å². The average Bonchev–Trinajstić information content (AvgIpc) is 3.04. The first-order chi connectivity index (χ1) is 15.5. The van der Waals surface area contributed by atoms with Crippen LogP contribution in [-0.4, -0.2) is 32.7 Å². The highest BCUT2D eigenvalue weighted by Crippen LogP contribution is 2.57. The number of allylic oxidation sites excluding steroid dienone is 4. The summed E-state index contributed by atoms with van der Waals surface area (Å²) in [6, 6.07) is 5.36. The lowest BCUT2D eigenvalue weighted by atomic mass is 9.71. The highest BCUT2D eigenvalue weighted by molar-refractivity contribution is 6.26. The number of halogens is 1. The molecule has 0 saturated heterocycles. The molecule has 0 radical (unpaired) electrons. The number of aromatic hydroxyl groups is 2. The number of benzene rings is 2. The maximum Gasteiger partial charge on any atom is 0.193 e. The Hall–Kier alpha value is -4.20. The van der Waals surface area contributed by atoms with E-state index in [1.54, 1.807) is 0 Å². The first-order valence-corrected chi connectivity index (χ1v) is 9.94. The van der Waals surface area contributed by atoms with E-state index in [1.807, 2.05) is 0 Å². The minimum atomic E-state index is -1.69. The van der Waals surface area contributed by atoms with Crippen molar-refractivity contribution in [2.24, 2.45) is 0 Å². The molecule has 0 unspecified atom stereocenters. The van der Waals surface area contributed by atoms with Gasteiger partial charge < -0.3 is 20.1 Å². The zero-order valence-electron chi connectivity index (χ0n) is 17.9. The number of hydrogen-bond acceptors (Lipinski definition) is 7. The van der Waals surface area contributed by atoms with E-state index in [2.05, 4.69) is 0 Å². The fraction of sp³-hybridized carbons (Fsp3) is 0.160. The zero-order valence-corrected chi connectivity index (χ0v) is 17.9. The second-order valence-corrected chi connectivity index (χ2v) is 8.03. The Bertz CT molecular complexity index is 1350. The Labute approximate surface area is 187 Å². The second kappa shape index (κ2) is 7.44. The Morgan fingerprint density at radius 2 is 1.73 bits per heavy atom. The van der Waals surface area contributed by atoms with Crippen LogP contribution < -0.4 is 4.74 Å². The molecule has 8 heteroatoms. The summed E-state index contributed by atoms with van der Waals surface area (Å²) in [5, 5.41) is 31.7. The molecule has 1 heterocycles. The van der Waals surface area contributed by atoms with E-state index in [0.717, 1.165) is 19.1 Å². The third kappa shape index (κ3) is 3.14. The Morgan fingerprint density at radius 3 is 2.33 bits per heavy atom. The molecule has 3 N–H and O–H groups in total. The second-order valence-electron chi connectivity index (χ2n) is 8.03. The number of ketones is 3. The minimum Gasteiger partial charge on any atom is -0.507 e. The third-order valence-corrected chi connectivity index (χ3v) is 5.94. The van der Waals surface area contributed by atoms with Crippen molar-refractivity contribution in [1.82, 2.24) is 0 Å². The summed E-state index contributed by atoms with van der Waals surface area (Å²) < 4.78 is 18.8. The van der Waals surface area contributed by atoms with Gasteiger partial charge in [0.1, 0.15) is 51.1 Å². The quantitative estimate of drug-likeness (QED) is 0.366. The van der Waals surface area contributed by atoms with E-state index in [-0.39, 0.29) is 28.2 Å². The fourth-order valence-corrected chi connectivity index (χ4v) is 4.09. The van der Waals surface area contributed by atoms with Crippen LogP contribution in [0.25, 0.3) is 6.08 Å². The number of carbonyl (C=O) groups excluding carboxylic acids is 3. The van der Waals surface area contributed by atoms with E-state index < -0.39 is 51.4 Å². The molecule has 33 heavy (non-hydrogen) atoms. The van der Waals surface area contributed by atoms with Crippen LogP contribution in [-0.2, 0) is 15.0 Å². The van der Waals surface area contributed by atoms with Crippen molar-refractivity contribution < 1.29 is 38.8 Å². The van der Waals surface area contributed by atoms with Crippen LogP contribution in [0, 0.1) is 12.7 Å². The molecular formula is C25H19FO7.